The molecule has 3 N–H and O–H groups in total. The molecule has 3 heterocycles. The van der Waals surface area contributed by atoms with E-state index < -0.39 is 30.4 Å². The first-order valence-corrected chi connectivity index (χ1v) is 9.83. The normalized spacial score (nSPS) is 12.5. The molecule has 4 rings (SSSR count). The second-order valence-electron chi connectivity index (χ2n) is 7.02. The quantitative estimate of drug-likeness (QED) is 0.371. The molecule has 0 aliphatic rings. The first-order valence-electron chi connectivity index (χ1n) is 9.83. The molecule has 0 radical (unpaired) electrons. The molecule has 10 nitrogen and oxygen atoms in total. The molecule has 4 aromatic rings. The second-order valence-corrected chi connectivity index (χ2v) is 7.02. The van der Waals surface area contributed by atoms with Gasteiger partial charge in [-0.25, -0.2) is 9.97 Å². The van der Waals surface area contributed by atoms with Crippen LogP contribution >= 0.6 is 0 Å². The summed E-state index contributed by atoms with van der Waals surface area (Å²) in [5.74, 6) is -0.664. The fraction of sp³-hybridized carbons (Fsp3) is 0.190. The van der Waals surface area contributed by atoms with Crippen LogP contribution in [0.25, 0.3) is 16.9 Å². The number of anilines is 1. The molecule has 1 unspecified atom stereocenters. The van der Waals surface area contributed by atoms with Gasteiger partial charge in [-0.3, -0.25) is 9.78 Å². The van der Waals surface area contributed by atoms with Crippen LogP contribution in [0.3, 0.4) is 0 Å². The lowest BCUT2D eigenvalue weighted by Gasteiger charge is -2.12. The predicted octanol–water partition coefficient (Wildman–Crippen LogP) is 2.19. The van der Waals surface area contributed by atoms with Crippen LogP contribution in [0.15, 0.2) is 55.0 Å². The summed E-state index contributed by atoms with van der Waals surface area (Å²) in [4.78, 5) is 24.6. The molecule has 176 valence electrons. The smallest absolute Gasteiger partial charge is 0.417 e. The SMILES string of the molecule is O=C(Nc1cnc2ccc(-c3ccccc3C(F)(F)F)nn12)c1cncc(OCC(O)CO)n1. The zero-order chi connectivity index (χ0) is 24.3. The number of carbonyl (C=O) groups excluding carboxylic acids is 1. The summed E-state index contributed by atoms with van der Waals surface area (Å²) in [6.07, 6.45) is -2.00. The first-order chi connectivity index (χ1) is 16.3. The Morgan fingerprint density at radius 2 is 1.94 bits per heavy atom. The molecule has 0 saturated heterocycles. The third-order valence-corrected chi connectivity index (χ3v) is 4.59. The van der Waals surface area contributed by atoms with Gasteiger partial charge in [-0.15, -0.1) is 0 Å². The van der Waals surface area contributed by atoms with Gasteiger partial charge in [-0.1, -0.05) is 18.2 Å². The van der Waals surface area contributed by atoms with Crippen LogP contribution in [-0.2, 0) is 6.18 Å². The Bertz CT molecular complexity index is 1330. The number of ether oxygens (including phenoxy) is 1. The third kappa shape index (κ3) is 4.94. The number of aromatic nitrogens is 5. The highest BCUT2D eigenvalue weighted by Gasteiger charge is 2.33. The number of aliphatic hydroxyl groups is 2. The molecule has 0 spiro atoms. The molecule has 3 aromatic heterocycles. The van der Waals surface area contributed by atoms with E-state index in [0.29, 0.717) is 5.65 Å². The van der Waals surface area contributed by atoms with Gasteiger partial charge in [0.1, 0.15) is 12.7 Å². The van der Waals surface area contributed by atoms with Crippen molar-refractivity contribution < 1.29 is 32.9 Å². The fourth-order valence-electron chi connectivity index (χ4n) is 3.00. The Labute approximate surface area is 189 Å². The van der Waals surface area contributed by atoms with Gasteiger partial charge in [0.15, 0.2) is 17.2 Å². The topological polar surface area (TPSA) is 135 Å². The highest BCUT2D eigenvalue weighted by atomic mass is 19.4. The van der Waals surface area contributed by atoms with Gasteiger partial charge in [-0.2, -0.15) is 22.8 Å². The van der Waals surface area contributed by atoms with Crippen molar-refractivity contribution in [3.05, 3.63) is 66.2 Å². The Morgan fingerprint density at radius 1 is 1.15 bits per heavy atom. The zero-order valence-electron chi connectivity index (χ0n) is 17.3. The molecular weight excluding hydrogens is 457 g/mol. The summed E-state index contributed by atoms with van der Waals surface area (Å²) in [5, 5.41) is 25.0. The molecule has 1 atom stereocenters. The number of carbonyl (C=O) groups is 1. The maximum atomic E-state index is 13.4. The Kier molecular flexibility index (Phi) is 6.38. The van der Waals surface area contributed by atoms with Gasteiger partial charge in [-0.05, 0) is 18.2 Å². The van der Waals surface area contributed by atoms with Crippen LogP contribution in [0.4, 0.5) is 19.0 Å². The minimum absolute atomic E-state index is 0.0338. The Hall–Kier alpha value is -4.10. The Morgan fingerprint density at radius 3 is 2.71 bits per heavy atom. The monoisotopic (exact) mass is 474 g/mol. The van der Waals surface area contributed by atoms with Crippen LogP contribution in [0.1, 0.15) is 16.1 Å². The van der Waals surface area contributed by atoms with Crippen molar-refractivity contribution in [2.75, 3.05) is 18.5 Å². The van der Waals surface area contributed by atoms with Crippen LogP contribution in [0.5, 0.6) is 5.88 Å². The number of imidazole rings is 1. The Balaban J connectivity index is 1.60. The van der Waals surface area contributed by atoms with Crippen LogP contribution in [-0.4, -0.2) is 60.0 Å². The maximum absolute atomic E-state index is 13.4. The van der Waals surface area contributed by atoms with E-state index in [1.165, 1.54) is 53.4 Å². The molecule has 13 heteroatoms. The van der Waals surface area contributed by atoms with E-state index in [9.17, 15) is 23.1 Å². The standard InChI is InChI=1S/C21H17F3N6O4/c22-21(23,24)14-4-2-1-3-13(14)15-5-6-17-26-8-18(30(17)29-15)28-20(33)16-7-25-9-19(27-16)34-11-12(32)10-31/h1-9,12,31-32H,10-11H2,(H,28,33). The second kappa shape index (κ2) is 9.41. The minimum atomic E-state index is -4.57. The zero-order valence-corrected chi connectivity index (χ0v) is 17.3. The number of benzene rings is 1. The molecule has 1 amide bonds. The minimum Gasteiger partial charge on any atom is -0.474 e. The third-order valence-electron chi connectivity index (χ3n) is 4.59. The average Bonchev–Trinajstić information content (AvgIpc) is 3.24. The summed E-state index contributed by atoms with van der Waals surface area (Å²) in [5.41, 5.74) is -0.768. The van der Waals surface area contributed by atoms with E-state index in [1.54, 1.807) is 0 Å². The van der Waals surface area contributed by atoms with Crippen molar-refractivity contribution in [3.63, 3.8) is 0 Å². The van der Waals surface area contributed by atoms with Crippen molar-refractivity contribution in [2.45, 2.75) is 12.3 Å². The van der Waals surface area contributed by atoms with E-state index in [-0.39, 0.29) is 35.3 Å². The van der Waals surface area contributed by atoms with Gasteiger partial charge in [0.2, 0.25) is 5.88 Å². The van der Waals surface area contributed by atoms with E-state index in [1.807, 2.05) is 0 Å². The lowest BCUT2D eigenvalue weighted by atomic mass is 10.0. The highest BCUT2D eigenvalue weighted by molar-refractivity contribution is 6.02. The number of aliphatic hydroxyl groups excluding tert-OH is 2. The van der Waals surface area contributed by atoms with Gasteiger partial charge in [0, 0.05) is 5.56 Å². The van der Waals surface area contributed by atoms with Gasteiger partial charge >= 0.3 is 6.18 Å². The van der Waals surface area contributed by atoms with Gasteiger partial charge < -0.3 is 20.3 Å². The fourth-order valence-corrected chi connectivity index (χ4v) is 3.00. The van der Waals surface area contributed by atoms with Gasteiger partial charge in [0.05, 0.1) is 36.5 Å². The van der Waals surface area contributed by atoms with E-state index in [4.69, 9.17) is 9.84 Å². The molecule has 0 saturated carbocycles. The number of nitrogens with zero attached hydrogens (tertiary/aromatic N) is 5. The summed E-state index contributed by atoms with van der Waals surface area (Å²) in [7, 11) is 0. The lowest BCUT2D eigenvalue weighted by molar-refractivity contribution is -0.137. The highest BCUT2D eigenvalue weighted by Crippen LogP contribution is 2.36. The summed E-state index contributed by atoms with van der Waals surface area (Å²) >= 11 is 0. The number of rotatable bonds is 7. The lowest BCUT2D eigenvalue weighted by Crippen LogP contribution is -2.22. The van der Waals surface area contributed by atoms with Crippen molar-refractivity contribution in [1.29, 1.82) is 0 Å². The van der Waals surface area contributed by atoms with Crippen LogP contribution < -0.4 is 10.1 Å². The summed E-state index contributed by atoms with van der Waals surface area (Å²) in [6.45, 7) is -0.764. The molecule has 0 aliphatic heterocycles. The summed E-state index contributed by atoms with van der Waals surface area (Å²) in [6, 6.07) is 7.92. The molecule has 0 aliphatic carbocycles. The molecule has 34 heavy (non-hydrogen) atoms. The molecule has 0 bridgehead atoms. The largest absolute Gasteiger partial charge is 0.474 e. The maximum Gasteiger partial charge on any atom is 0.417 e. The van der Waals surface area contributed by atoms with Crippen molar-refractivity contribution in [1.82, 2.24) is 24.6 Å². The van der Waals surface area contributed by atoms with E-state index >= 15 is 0 Å². The number of halogens is 3. The van der Waals surface area contributed by atoms with Crippen LogP contribution in [0, 0.1) is 0 Å². The molecule has 1 aromatic carbocycles. The number of hydrogen-bond donors (Lipinski definition) is 3. The van der Waals surface area contributed by atoms with Crippen LogP contribution in [0.2, 0.25) is 0 Å². The number of hydrogen-bond acceptors (Lipinski definition) is 8. The summed E-state index contributed by atoms with van der Waals surface area (Å²) < 4.78 is 46.6. The number of nitrogens with one attached hydrogen (secondary N) is 1. The number of alkyl halides is 3. The van der Waals surface area contributed by atoms with Crippen molar-refractivity contribution in [2.24, 2.45) is 0 Å². The number of amides is 1. The van der Waals surface area contributed by atoms with E-state index in [0.717, 1.165) is 6.07 Å². The molecular formula is C21H17F3N6O4. The first kappa shape index (κ1) is 23.1. The number of fused-ring (bicyclic) bond motifs is 1. The average molecular weight is 474 g/mol. The van der Waals surface area contributed by atoms with Gasteiger partial charge in [0.25, 0.3) is 5.91 Å². The van der Waals surface area contributed by atoms with Crippen molar-refractivity contribution >= 4 is 17.4 Å². The predicted molar refractivity (Wildman–Crippen MR) is 112 cm³/mol. The van der Waals surface area contributed by atoms with Crippen molar-refractivity contribution in [3.8, 4) is 17.1 Å². The van der Waals surface area contributed by atoms with E-state index in [2.05, 4.69) is 25.4 Å². The molecule has 0 fully saturated rings.